The lowest BCUT2D eigenvalue weighted by atomic mass is 9.86. The molecule has 2 aliphatic rings. The van der Waals surface area contributed by atoms with Gasteiger partial charge in [-0.1, -0.05) is 0 Å². The quantitative estimate of drug-likeness (QED) is 0.368. The summed E-state index contributed by atoms with van der Waals surface area (Å²) in [6.45, 7) is 2.02. The monoisotopic (exact) mass is 552 g/mol. The third kappa shape index (κ3) is 4.37. The Morgan fingerprint density at radius 1 is 1.08 bits per heavy atom. The lowest BCUT2D eigenvalue weighted by Gasteiger charge is -2.40. The third-order valence-corrected chi connectivity index (χ3v) is 7.37. The summed E-state index contributed by atoms with van der Waals surface area (Å²) in [7, 11) is 2.00. The fourth-order valence-electron chi connectivity index (χ4n) is 6.00. The summed E-state index contributed by atoms with van der Waals surface area (Å²) in [5.41, 5.74) is 3.22. The molecular formula is C24H30F2N6OS3. The van der Waals surface area contributed by atoms with Crippen molar-refractivity contribution < 1.29 is 13.6 Å². The molecule has 6 rings (SSSR count). The highest BCUT2D eigenvalue weighted by Gasteiger charge is 2.46. The number of aryl methyl sites for hydroxylation is 2. The first-order chi connectivity index (χ1) is 15.9. The number of carbonyl (C=O) groups is 1. The minimum Gasteiger partial charge on any atom is -0.350 e. The molecule has 2 saturated heterocycles. The molecule has 2 fully saturated rings. The van der Waals surface area contributed by atoms with Gasteiger partial charge in [0.25, 0.3) is 18.1 Å². The number of hydrogen-bond acceptors (Lipinski definition) is 4. The first-order valence-corrected chi connectivity index (χ1v) is 11.3. The van der Waals surface area contributed by atoms with Crippen molar-refractivity contribution in [1.29, 1.82) is 0 Å². The van der Waals surface area contributed by atoms with Crippen LogP contribution in [0.5, 0.6) is 0 Å². The van der Waals surface area contributed by atoms with Crippen molar-refractivity contribution in [3.05, 3.63) is 59.3 Å². The summed E-state index contributed by atoms with van der Waals surface area (Å²) in [5.74, 6) is 0.0870. The normalized spacial score (nSPS) is 20.8. The number of hydrogen-bond donors (Lipinski definition) is 0. The molecule has 0 saturated carbocycles. The summed E-state index contributed by atoms with van der Waals surface area (Å²) >= 11 is 0. The van der Waals surface area contributed by atoms with Crippen molar-refractivity contribution in [3.63, 3.8) is 0 Å². The Balaban J connectivity index is 0.00000120. The molecule has 0 aliphatic carbocycles. The van der Waals surface area contributed by atoms with Crippen molar-refractivity contribution in [2.45, 2.75) is 57.0 Å². The molecule has 3 aromatic heterocycles. The highest BCUT2D eigenvalue weighted by atomic mass is 32.1. The molecule has 1 amide bonds. The van der Waals surface area contributed by atoms with Crippen LogP contribution in [0.2, 0.25) is 0 Å². The Hall–Kier alpha value is -2.31. The average molecular weight is 553 g/mol. The smallest absolute Gasteiger partial charge is 0.280 e. The van der Waals surface area contributed by atoms with E-state index in [1.165, 1.54) is 12.4 Å². The highest BCUT2D eigenvalue weighted by Crippen LogP contribution is 2.45. The molecule has 2 bridgehead atoms. The van der Waals surface area contributed by atoms with E-state index in [-0.39, 0.29) is 75.9 Å². The van der Waals surface area contributed by atoms with E-state index < -0.39 is 6.43 Å². The molecule has 1 aromatic carbocycles. The van der Waals surface area contributed by atoms with Crippen molar-refractivity contribution in [3.8, 4) is 0 Å². The first-order valence-electron chi connectivity index (χ1n) is 11.3. The number of amides is 1. The van der Waals surface area contributed by atoms with Gasteiger partial charge in [-0.25, -0.2) is 18.3 Å². The summed E-state index contributed by atoms with van der Waals surface area (Å²) < 4.78 is 30.7. The van der Waals surface area contributed by atoms with Crippen LogP contribution in [0.4, 0.5) is 8.78 Å². The van der Waals surface area contributed by atoms with Gasteiger partial charge >= 0.3 is 0 Å². The Kier molecular flexibility index (Phi) is 8.31. The van der Waals surface area contributed by atoms with Gasteiger partial charge < -0.3 is 9.47 Å². The largest absolute Gasteiger partial charge is 0.350 e. The molecule has 12 heteroatoms. The van der Waals surface area contributed by atoms with E-state index in [4.69, 9.17) is 0 Å². The lowest BCUT2D eigenvalue weighted by Crippen LogP contribution is -2.47. The van der Waals surface area contributed by atoms with Gasteiger partial charge in [0.2, 0.25) is 0 Å². The van der Waals surface area contributed by atoms with Gasteiger partial charge in [0.15, 0.2) is 0 Å². The Morgan fingerprint density at radius 2 is 1.83 bits per heavy atom. The maximum atomic E-state index is 13.8. The third-order valence-electron chi connectivity index (χ3n) is 7.37. The predicted molar refractivity (Wildman–Crippen MR) is 149 cm³/mol. The second-order valence-electron chi connectivity index (χ2n) is 9.23. The van der Waals surface area contributed by atoms with E-state index in [1.807, 2.05) is 43.3 Å². The van der Waals surface area contributed by atoms with Crippen LogP contribution in [0, 0.1) is 6.92 Å². The molecule has 0 radical (unpaired) electrons. The number of nitrogens with zero attached hydrogens (tertiary/aromatic N) is 6. The highest BCUT2D eigenvalue weighted by molar-refractivity contribution is 7.59. The summed E-state index contributed by atoms with van der Waals surface area (Å²) in [6.07, 6.45) is 4.06. The number of halogens is 2. The van der Waals surface area contributed by atoms with Crippen LogP contribution in [0.1, 0.15) is 65.3 Å². The fourth-order valence-corrected chi connectivity index (χ4v) is 6.00. The van der Waals surface area contributed by atoms with E-state index in [9.17, 15) is 13.6 Å². The summed E-state index contributed by atoms with van der Waals surface area (Å²) in [6, 6.07) is 7.50. The molecule has 0 spiro atoms. The van der Waals surface area contributed by atoms with Gasteiger partial charge in [-0.05, 0) is 62.4 Å². The van der Waals surface area contributed by atoms with E-state index in [2.05, 4.69) is 19.6 Å². The van der Waals surface area contributed by atoms with Crippen LogP contribution in [0.3, 0.4) is 0 Å². The van der Waals surface area contributed by atoms with Gasteiger partial charge in [0.1, 0.15) is 12.0 Å². The van der Waals surface area contributed by atoms with Crippen molar-refractivity contribution >= 4 is 63.1 Å². The van der Waals surface area contributed by atoms with Gasteiger partial charge in [0, 0.05) is 42.2 Å². The van der Waals surface area contributed by atoms with E-state index >= 15 is 0 Å². The molecule has 7 nitrogen and oxygen atoms in total. The van der Waals surface area contributed by atoms with Gasteiger partial charge in [0.05, 0.1) is 11.2 Å². The standard InChI is InChI=1S/C24H24F2N6O.3H2S/c1-13-9-15(10-14-7-8-30(2)21(13)14)23(33)31-16-3-5-17(19(31)6-4-16)20-11-18(22(25)26)29-24-27-12-28-32(20)24;;;/h7-12,16-17,19,22H,3-6H2,1-2H3;3*1H2/t16-,17-,19-;;;/m0.../s1. The maximum absolute atomic E-state index is 13.8. The van der Waals surface area contributed by atoms with Crippen LogP contribution in [0.25, 0.3) is 16.7 Å². The fraction of sp³-hybridized carbons (Fsp3) is 0.417. The Bertz CT molecular complexity index is 1410. The molecule has 194 valence electrons. The van der Waals surface area contributed by atoms with Crippen LogP contribution < -0.4 is 0 Å². The molecular weight excluding hydrogens is 523 g/mol. The summed E-state index contributed by atoms with van der Waals surface area (Å²) in [5, 5.41) is 5.29. The van der Waals surface area contributed by atoms with Crippen molar-refractivity contribution in [2.75, 3.05) is 0 Å². The van der Waals surface area contributed by atoms with E-state index in [1.54, 1.807) is 4.52 Å². The SMILES string of the molecule is Cc1cc(C(=O)N2[C@H]3CC[C@H](c4cc(C(F)F)nc5ncnn45)[C@@H]2CC3)cc2ccn(C)c12.S.S.S. The summed E-state index contributed by atoms with van der Waals surface area (Å²) in [4.78, 5) is 23.8. The maximum Gasteiger partial charge on any atom is 0.280 e. The first kappa shape index (κ1) is 28.3. The molecule has 3 atom stereocenters. The molecule has 4 aromatic rings. The van der Waals surface area contributed by atoms with E-state index in [0.717, 1.165) is 42.1 Å². The number of rotatable bonds is 3. The minimum atomic E-state index is -2.69. The Morgan fingerprint density at radius 3 is 2.58 bits per heavy atom. The number of carbonyl (C=O) groups excluding carboxylic acids is 1. The molecule has 0 N–H and O–H groups in total. The topological polar surface area (TPSA) is 68.3 Å². The zero-order valence-electron chi connectivity index (χ0n) is 19.9. The second-order valence-corrected chi connectivity index (χ2v) is 9.23. The van der Waals surface area contributed by atoms with E-state index in [0.29, 0.717) is 11.3 Å². The molecule has 2 aliphatic heterocycles. The zero-order chi connectivity index (χ0) is 22.9. The molecule has 36 heavy (non-hydrogen) atoms. The van der Waals surface area contributed by atoms with Crippen molar-refractivity contribution in [2.24, 2.45) is 7.05 Å². The molecule has 0 unspecified atom stereocenters. The minimum absolute atomic E-state index is 0. The average Bonchev–Trinajstić information content (AvgIpc) is 3.49. The Labute approximate surface area is 228 Å². The van der Waals surface area contributed by atoms with Crippen LogP contribution in [0.15, 0.2) is 36.8 Å². The van der Waals surface area contributed by atoms with Gasteiger partial charge in [-0.2, -0.15) is 50.6 Å². The van der Waals surface area contributed by atoms with Gasteiger partial charge in [-0.15, -0.1) is 0 Å². The second kappa shape index (κ2) is 10.6. The van der Waals surface area contributed by atoms with Crippen LogP contribution >= 0.6 is 40.5 Å². The van der Waals surface area contributed by atoms with Crippen molar-refractivity contribution in [1.82, 2.24) is 29.0 Å². The van der Waals surface area contributed by atoms with Gasteiger partial charge in [-0.3, -0.25) is 4.79 Å². The number of fused-ring (bicyclic) bond motifs is 4. The van der Waals surface area contributed by atoms with Crippen LogP contribution in [-0.4, -0.2) is 47.0 Å². The molecule has 5 heterocycles. The number of aromatic nitrogens is 5. The number of piperidine rings is 1. The number of benzene rings is 1. The zero-order valence-corrected chi connectivity index (χ0v) is 22.9. The predicted octanol–water partition coefficient (Wildman–Crippen LogP) is 4.75. The van der Waals surface area contributed by atoms with Crippen LogP contribution in [-0.2, 0) is 7.05 Å². The lowest BCUT2D eigenvalue weighted by molar-refractivity contribution is 0.0554. The number of alkyl halides is 2.